The van der Waals surface area contributed by atoms with Crippen molar-refractivity contribution in [1.29, 1.82) is 5.41 Å². The number of aromatic nitrogens is 1. The highest BCUT2D eigenvalue weighted by molar-refractivity contribution is 14.0. The summed E-state index contributed by atoms with van der Waals surface area (Å²) < 4.78 is 6.86. The number of hydrogen-bond acceptors (Lipinski definition) is 5. The van der Waals surface area contributed by atoms with Crippen LogP contribution in [0.4, 0.5) is 11.4 Å². The maximum atomic E-state index is 13.5. The number of nitrogen functional groups attached to an aromatic ring is 1. The zero-order valence-corrected chi connectivity index (χ0v) is 23.1. The molecule has 37 heavy (non-hydrogen) atoms. The molecule has 0 radical (unpaired) electrons. The number of halogens is 1. The van der Waals surface area contributed by atoms with Crippen molar-refractivity contribution in [1.82, 2.24) is 4.57 Å². The van der Waals surface area contributed by atoms with Gasteiger partial charge in [-0.2, -0.15) is 0 Å². The average Bonchev–Trinajstić information content (AvgIpc) is 3.22. The normalized spacial score (nSPS) is 10.4. The van der Waals surface area contributed by atoms with Crippen molar-refractivity contribution < 1.29 is 14.3 Å². The van der Waals surface area contributed by atoms with Crippen LogP contribution in [0.1, 0.15) is 28.0 Å². The highest BCUT2D eigenvalue weighted by atomic mass is 127. The molecule has 192 valence electrons. The molecule has 0 aliphatic heterocycles. The summed E-state index contributed by atoms with van der Waals surface area (Å²) in [6.45, 7) is 0.809. The monoisotopic (exact) mass is 611 g/mol. The Balaban J connectivity index is 0.00000380. The van der Waals surface area contributed by atoms with Gasteiger partial charge in [-0.1, -0.05) is 18.2 Å². The molecule has 8 nitrogen and oxygen atoms in total. The number of carbonyl (C=O) groups excluding carboxylic acids is 2. The molecular formula is C28H30IN5O3. The van der Waals surface area contributed by atoms with Gasteiger partial charge in [-0.15, -0.1) is 24.0 Å². The zero-order chi connectivity index (χ0) is 25.7. The van der Waals surface area contributed by atoms with Crippen LogP contribution in [-0.4, -0.2) is 35.9 Å². The predicted molar refractivity (Wildman–Crippen MR) is 158 cm³/mol. The molecule has 0 aliphatic rings. The minimum absolute atomic E-state index is 0. The quantitative estimate of drug-likeness (QED) is 0.108. The molecule has 0 aliphatic carbocycles. The third-order valence-corrected chi connectivity index (χ3v) is 6.14. The first kappa shape index (κ1) is 27.7. The summed E-state index contributed by atoms with van der Waals surface area (Å²) in [6.07, 6.45) is 0.105. The topological polar surface area (TPSA) is 113 Å². The number of para-hydroxylation sites is 1. The number of esters is 1. The number of rotatable bonds is 9. The first-order chi connectivity index (χ1) is 17.4. The summed E-state index contributed by atoms with van der Waals surface area (Å²) in [7, 11) is 3.33. The summed E-state index contributed by atoms with van der Waals surface area (Å²) in [6, 6.07) is 24.4. The van der Waals surface area contributed by atoms with E-state index in [1.807, 2.05) is 79.8 Å². The number of methoxy groups -OCH3 is 1. The molecule has 4 N–H and O–H groups in total. The molecule has 1 aromatic heterocycles. The van der Waals surface area contributed by atoms with Crippen LogP contribution in [0.3, 0.4) is 0 Å². The van der Waals surface area contributed by atoms with E-state index in [2.05, 4.69) is 16.0 Å². The molecule has 0 saturated heterocycles. The lowest BCUT2D eigenvalue weighted by Crippen LogP contribution is -2.33. The van der Waals surface area contributed by atoms with Crippen molar-refractivity contribution >= 4 is 64.0 Å². The van der Waals surface area contributed by atoms with Crippen molar-refractivity contribution in [2.75, 3.05) is 23.9 Å². The molecular weight excluding hydrogens is 581 g/mol. The maximum Gasteiger partial charge on any atom is 0.307 e. The Morgan fingerprint density at radius 3 is 2.32 bits per heavy atom. The van der Waals surface area contributed by atoms with E-state index < -0.39 is 0 Å². The van der Waals surface area contributed by atoms with Crippen LogP contribution in [0.25, 0.3) is 10.9 Å². The van der Waals surface area contributed by atoms with E-state index in [0.29, 0.717) is 17.7 Å². The molecule has 1 heterocycles. The first-order valence-electron chi connectivity index (χ1n) is 11.6. The fraction of sp³-hybridized carbons (Fsp3) is 0.179. The Kier molecular flexibility index (Phi) is 9.29. The Hall–Kier alpha value is -3.86. The van der Waals surface area contributed by atoms with Gasteiger partial charge < -0.3 is 25.3 Å². The van der Waals surface area contributed by atoms with E-state index in [0.717, 1.165) is 28.0 Å². The van der Waals surface area contributed by atoms with Crippen LogP contribution in [0.5, 0.6) is 0 Å². The maximum absolute atomic E-state index is 13.5. The SMILES string of the molecule is COC(=O)CCN(C(=O)c1ccc2c(c1)cc(CNc1ccc(C(=N)N)cc1)n2C)c1ccccc1.I. The second kappa shape index (κ2) is 12.4. The third-order valence-electron chi connectivity index (χ3n) is 6.14. The van der Waals surface area contributed by atoms with Gasteiger partial charge in [0.15, 0.2) is 0 Å². The summed E-state index contributed by atoms with van der Waals surface area (Å²) in [5, 5.41) is 11.9. The number of nitrogens with zero attached hydrogens (tertiary/aromatic N) is 2. The van der Waals surface area contributed by atoms with Gasteiger partial charge in [0, 0.05) is 52.7 Å². The molecule has 3 aromatic carbocycles. The van der Waals surface area contributed by atoms with Crippen LogP contribution in [0.2, 0.25) is 0 Å². The van der Waals surface area contributed by atoms with Crippen LogP contribution in [-0.2, 0) is 23.1 Å². The van der Waals surface area contributed by atoms with E-state index in [1.54, 1.807) is 4.90 Å². The Morgan fingerprint density at radius 2 is 1.68 bits per heavy atom. The van der Waals surface area contributed by atoms with E-state index in [9.17, 15) is 9.59 Å². The lowest BCUT2D eigenvalue weighted by Gasteiger charge is -2.22. The van der Waals surface area contributed by atoms with E-state index in [-0.39, 0.29) is 54.7 Å². The number of nitrogens with two attached hydrogens (primary N) is 1. The van der Waals surface area contributed by atoms with E-state index >= 15 is 0 Å². The summed E-state index contributed by atoms with van der Waals surface area (Å²) in [5.74, 6) is -0.506. The Labute approximate surface area is 232 Å². The minimum atomic E-state index is -0.365. The Morgan fingerprint density at radius 1 is 1.00 bits per heavy atom. The van der Waals surface area contributed by atoms with Crippen molar-refractivity contribution in [3.05, 3.63) is 95.7 Å². The van der Waals surface area contributed by atoms with Gasteiger partial charge in [-0.25, -0.2) is 0 Å². The number of amidine groups is 1. The molecule has 4 rings (SSSR count). The first-order valence-corrected chi connectivity index (χ1v) is 11.6. The van der Waals surface area contributed by atoms with Gasteiger partial charge in [0.1, 0.15) is 5.84 Å². The highest BCUT2D eigenvalue weighted by Gasteiger charge is 2.20. The van der Waals surface area contributed by atoms with E-state index in [4.69, 9.17) is 15.9 Å². The summed E-state index contributed by atoms with van der Waals surface area (Å²) in [5.41, 5.74) is 10.5. The molecule has 0 bridgehead atoms. The second-order valence-corrected chi connectivity index (χ2v) is 8.43. The van der Waals surface area contributed by atoms with Gasteiger partial charge in [-0.05, 0) is 60.7 Å². The number of hydrogen-bond donors (Lipinski definition) is 3. The third kappa shape index (κ3) is 6.48. The van der Waals surface area contributed by atoms with Gasteiger partial charge in [-0.3, -0.25) is 15.0 Å². The van der Waals surface area contributed by atoms with E-state index in [1.165, 1.54) is 7.11 Å². The number of carbonyl (C=O) groups is 2. The molecule has 0 atom stereocenters. The van der Waals surface area contributed by atoms with Crippen LogP contribution in [0, 0.1) is 5.41 Å². The zero-order valence-electron chi connectivity index (χ0n) is 20.7. The fourth-order valence-electron chi connectivity index (χ4n) is 4.09. The number of ether oxygens (including phenoxy) is 1. The van der Waals surface area contributed by atoms with Crippen molar-refractivity contribution in [2.45, 2.75) is 13.0 Å². The van der Waals surface area contributed by atoms with Gasteiger partial charge in [0.25, 0.3) is 5.91 Å². The summed E-state index contributed by atoms with van der Waals surface area (Å²) in [4.78, 5) is 26.9. The molecule has 0 fully saturated rings. The minimum Gasteiger partial charge on any atom is -0.469 e. The number of amides is 1. The molecule has 9 heteroatoms. The van der Waals surface area contributed by atoms with Crippen molar-refractivity contribution in [3.63, 3.8) is 0 Å². The largest absolute Gasteiger partial charge is 0.469 e. The lowest BCUT2D eigenvalue weighted by molar-refractivity contribution is -0.140. The highest BCUT2D eigenvalue weighted by Crippen LogP contribution is 2.24. The van der Waals surface area contributed by atoms with Crippen molar-refractivity contribution in [3.8, 4) is 0 Å². The van der Waals surface area contributed by atoms with Gasteiger partial charge >= 0.3 is 5.97 Å². The van der Waals surface area contributed by atoms with Crippen LogP contribution >= 0.6 is 24.0 Å². The van der Waals surface area contributed by atoms with Gasteiger partial charge in [0.2, 0.25) is 0 Å². The second-order valence-electron chi connectivity index (χ2n) is 8.43. The molecule has 0 unspecified atom stereocenters. The fourth-order valence-corrected chi connectivity index (χ4v) is 4.09. The average molecular weight is 611 g/mol. The number of aryl methyl sites for hydroxylation is 1. The molecule has 0 saturated carbocycles. The number of anilines is 2. The number of nitrogens with one attached hydrogen (secondary N) is 2. The summed E-state index contributed by atoms with van der Waals surface area (Å²) >= 11 is 0. The molecule has 0 spiro atoms. The van der Waals surface area contributed by atoms with Crippen LogP contribution < -0.4 is 16.0 Å². The molecule has 4 aromatic rings. The van der Waals surface area contributed by atoms with Crippen molar-refractivity contribution in [2.24, 2.45) is 12.8 Å². The predicted octanol–water partition coefficient (Wildman–Crippen LogP) is 4.90. The van der Waals surface area contributed by atoms with Gasteiger partial charge in [0.05, 0.1) is 20.1 Å². The number of benzene rings is 3. The lowest BCUT2D eigenvalue weighted by atomic mass is 10.1. The standard InChI is InChI=1S/C28H29N5O3.HI/c1-32-24(18-31-22-11-8-19(9-12-22)27(29)30)17-21-16-20(10-13-25(21)32)28(35)33(15-14-26(34)36-2)23-6-4-3-5-7-23;/h3-13,16-17,31H,14-15,18H2,1-2H3,(H3,29,30);1H. The van der Waals surface area contributed by atoms with Crippen LogP contribution in [0.15, 0.2) is 78.9 Å². The smallest absolute Gasteiger partial charge is 0.307 e. The Bertz CT molecular complexity index is 1400. The molecule has 1 amide bonds. The number of fused-ring (bicyclic) bond motifs is 1.